The molecule has 10 N–H and O–H groups in total. The molecule has 0 aliphatic carbocycles. The molecule has 2 atom stereocenters. The second-order valence-electron chi connectivity index (χ2n) is 6.73. The number of amides is 3. The van der Waals surface area contributed by atoms with E-state index in [-0.39, 0.29) is 25.5 Å². The first-order chi connectivity index (χ1) is 14.7. The van der Waals surface area contributed by atoms with Crippen molar-refractivity contribution in [1.82, 2.24) is 21.3 Å². The van der Waals surface area contributed by atoms with E-state index in [1.165, 1.54) is 0 Å². The van der Waals surface area contributed by atoms with Crippen molar-refractivity contribution in [2.24, 2.45) is 11.5 Å². The molecular weight excluding hydrogens is 406 g/mol. The number of aliphatic carboxylic acids is 1. The van der Waals surface area contributed by atoms with Gasteiger partial charge in [0, 0.05) is 6.54 Å². The number of hydrogen-bond acceptors (Lipinski definition) is 6. The average molecular weight is 435 g/mol. The lowest BCUT2D eigenvalue weighted by Gasteiger charge is -2.15. The van der Waals surface area contributed by atoms with Crippen molar-refractivity contribution < 1.29 is 24.3 Å². The Balaban J connectivity index is 2.30. The minimum atomic E-state index is -1.22. The molecule has 0 fully saturated rings. The number of benzene rings is 1. The summed E-state index contributed by atoms with van der Waals surface area (Å²) in [6.45, 7) is -0.522. The molecule has 12 heteroatoms. The van der Waals surface area contributed by atoms with Crippen molar-refractivity contribution in [1.29, 1.82) is 5.41 Å². The second-order valence-corrected chi connectivity index (χ2v) is 6.73. The summed E-state index contributed by atoms with van der Waals surface area (Å²) in [6, 6.07) is 7.21. The van der Waals surface area contributed by atoms with Gasteiger partial charge < -0.3 is 37.8 Å². The number of hydrogen-bond donors (Lipinski definition) is 8. The Morgan fingerprint density at radius 1 is 1.00 bits per heavy atom. The summed E-state index contributed by atoms with van der Waals surface area (Å²) < 4.78 is 0. The van der Waals surface area contributed by atoms with Crippen molar-refractivity contribution in [3.8, 4) is 0 Å². The molecule has 0 aliphatic rings. The van der Waals surface area contributed by atoms with E-state index in [0.29, 0.717) is 12.8 Å². The topological polar surface area (TPSA) is 213 Å². The molecule has 0 spiro atoms. The zero-order chi connectivity index (χ0) is 23.2. The van der Waals surface area contributed by atoms with Crippen LogP contribution in [-0.4, -0.2) is 66.5 Å². The number of carbonyl (C=O) groups excluding carboxylic acids is 3. The molecule has 0 saturated heterocycles. The monoisotopic (exact) mass is 435 g/mol. The van der Waals surface area contributed by atoms with Gasteiger partial charge in [-0.2, -0.15) is 0 Å². The van der Waals surface area contributed by atoms with E-state index < -0.39 is 42.3 Å². The van der Waals surface area contributed by atoms with Crippen molar-refractivity contribution in [2.45, 2.75) is 31.3 Å². The van der Waals surface area contributed by atoms with Crippen molar-refractivity contribution in [2.75, 3.05) is 19.6 Å². The Labute approximate surface area is 179 Å². The summed E-state index contributed by atoms with van der Waals surface area (Å²) in [7, 11) is 0. The fourth-order valence-electron chi connectivity index (χ4n) is 2.53. The van der Waals surface area contributed by atoms with E-state index in [4.69, 9.17) is 22.0 Å². The van der Waals surface area contributed by atoms with E-state index >= 15 is 0 Å². The van der Waals surface area contributed by atoms with Gasteiger partial charge in [0.15, 0.2) is 5.96 Å². The maximum atomic E-state index is 12.0. The lowest BCUT2D eigenvalue weighted by atomic mass is 10.1. The zero-order valence-electron chi connectivity index (χ0n) is 17.0. The number of rotatable bonds is 13. The van der Waals surface area contributed by atoms with Gasteiger partial charge in [-0.3, -0.25) is 19.8 Å². The molecule has 1 aromatic rings. The van der Waals surface area contributed by atoms with Gasteiger partial charge in [-0.15, -0.1) is 0 Å². The van der Waals surface area contributed by atoms with Crippen LogP contribution in [0.4, 0.5) is 0 Å². The molecule has 0 heterocycles. The zero-order valence-corrected chi connectivity index (χ0v) is 17.0. The van der Waals surface area contributed by atoms with E-state index in [9.17, 15) is 19.2 Å². The largest absolute Gasteiger partial charge is 0.480 e. The Kier molecular flexibility index (Phi) is 11.1. The van der Waals surface area contributed by atoms with Crippen LogP contribution in [0.15, 0.2) is 30.3 Å². The molecule has 0 saturated carbocycles. The first kappa shape index (κ1) is 25.4. The summed E-state index contributed by atoms with van der Waals surface area (Å²) in [5, 5.41) is 25.7. The van der Waals surface area contributed by atoms with Crippen molar-refractivity contribution >= 4 is 29.7 Å². The molecule has 0 aromatic heterocycles. The molecule has 0 bridgehead atoms. The lowest BCUT2D eigenvalue weighted by Crippen LogP contribution is -2.49. The molecule has 170 valence electrons. The number of carbonyl (C=O) groups is 4. The smallest absolute Gasteiger partial charge is 0.326 e. The minimum absolute atomic E-state index is 0.116. The number of carboxylic acid groups (broad SMARTS) is 1. The molecule has 1 aromatic carbocycles. The van der Waals surface area contributed by atoms with Crippen LogP contribution < -0.4 is 32.7 Å². The minimum Gasteiger partial charge on any atom is -0.480 e. The van der Waals surface area contributed by atoms with E-state index in [2.05, 4.69) is 21.3 Å². The van der Waals surface area contributed by atoms with Gasteiger partial charge in [-0.05, 0) is 24.8 Å². The summed E-state index contributed by atoms with van der Waals surface area (Å²) in [6.07, 6.45) is 0.790. The Morgan fingerprint density at radius 2 is 1.65 bits per heavy atom. The van der Waals surface area contributed by atoms with E-state index in [1.54, 1.807) is 0 Å². The first-order valence-corrected chi connectivity index (χ1v) is 9.63. The normalized spacial score (nSPS) is 12.2. The van der Waals surface area contributed by atoms with Crippen LogP contribution in [0.5, 0.6) is 0 Å². The van der Waals surface area contributed by atoms with Gasteiger partial charge in [-0.25, -0.2) is 4.79 Å². The quantitative estimate of drug-likeness (QED) is 0.0949. The van der Waals surface area contributed by atoms with Crippen LogP contribution in [-0.2, 0) is 25.6 Å². The maximum Gasteiger partial charge on any atom is 0.326 e. The summed E-state index contributed by atoms with van der Waals surface area (Å²) in [5.74, 6) is -3.26. The predicted octanol–water partition coefficient (Wildman–Crippen LogP) is -2.38. The Bertz CT molecular complexity index is 772. The predicted molar refractivity (Wildman–Crippen MR) is 113 cm³/mol. The molecular formula is C19H29N7O5. The second kappa shape index (κ2) is 13.5. The molecule has 31 heavy (non-hydrogen) atoms. The third kappa shape index (κ3) is 11.2. The van der Waals surface area contributed by atoms with Crippen LogP contribution in [0.25, 0.3) is 0 Å². The molecule has 1 rings (SSSR count). The van der Waals surface area contributed by atoms with Gasteiger partial charge in [0.2, 0.25) is 17.7 Å². The first-order valence-electron chi connectivity index (χ1n) is 9.63. The van der Waals surface area contributed by atoms with Gasteiger partial charge in [0.1, 0.15) is 6.04 Å². The average Bonchev–Trinajstić information content (AvgIpc) is 2.72. The maximum absolute atomic E-state index is 12.0. The van der Waals surface area contributed by atoms with Crippen molar-refractivity contribution in [3.05, 3.63) is 35.9 Å². The van der Waals surface area contributed by atoms with Gasteiger partial charge in [-0.1, -0.05) is 30.3 Å². The standard InChI is InChI=1S/C19H29N7O5/c20-13(9-12-5-2-1-3-6-12)17(29)25-10-15(27)24-11-16(28)26-14(18(30)31)7-4-8-23-19(21)22/h1-3,5-6,13-14H,4,7-11,20H2,(H,24,27)(H,25,29)(H,26,28)(H,30,31)(H4,21,22,23)/t13-,14-/m0/s1. The SMILES string of the molecule is N=C(N)NCCC[C@H](NC(=O)CNC(=O)CNC(=O)[C@@H](N)Cc1ccccc1)C(=O)O. The highest BCUT2D eigenvalue weighted by atomic mass is 16.4. The van der Waals surface area contributed by atoms with Crippen molar-refractivity contribution in [3.63, 3.8) is 0 Å². The van der Waals surface area contributed by atoms with E-state index in [0.717, 1.165) is 5.56 Å². The molecule has 12 nitrogen and oxygen atoms in total. The van der Waals surface area contributed by atoms with Crippen LogP contribution in [0.2, 0.25) is 0 Å². The third-order valence-corrected chi connectivity index (χ3v) is 4.12. The fraction of sp³-hybridized carbons (Fsp3) is 0.421. The lowest BCUT2D eigenvalue weighted by molar-refractivity contribution is -0.142. The van der Waals surface area contributed by atoms with Crippen LogP contribution >= 0.6 is 0 Å². The highest BCUT2D eigenvalue weighted by molar-refractivity contribution is 5.90. The molecule has 0 radical (unpaired) electrons. The third-order valence-electron chi connectivity index (χ3n) is 4.12. The van der Waals surface area contributed by atoms with Crippen LogP contribution in [0.3, 0.4) is 0 Å². The van der Waals surface area contributed by atoms with Crippen LogP contribution in [0.1, 0.15) is 18.4 Å². The van der Waals surface area contributed by atoms with Crippen LogP contribution in [0, 0.1) is 5.41 Å². The number of carboxylic acids is 1. The fourth-order valence-corrected chi connectivity index (χ4v) is 2.53. The van der Waals surface area contributed by atoms with Gasteiger partial charge in [0.25, 0.3) is 0 Å². The highest BCUT2D eigenvalue weighted by Gasteiger charge is 2.20. The van der Waals surface area contributed by atoms with E-state index in [1.807, 2.05) is 30.3 Å². The summed E-state index contributed by atoms with van der Waals surface area (Å²) >= 11 is 0. The summed E-state index contributed by atoms with van der Waals surface area (Å²) in [5.41, 5.74) is 11.8. The Morgan fingerprint density at radius 3 is 2.26 bits per heavy atom. The number of guanidine groups is 1. The molecule has 0 aliphatic heterocycles. The molecule has 3 amide bonds. The number of nitrogens with two attached hydrogens (primary N) is 2. The highest BCUT2D eigenvalue weighted by Crippen LogP contribution is 2.01. The number of nitrogens with one attached hydrogen (secondary N) is 5. The van der Waals surface area contributed by atoms with Gasteiger partial charge in [0.05, 0.1) is 19.1 Å². The summed E-state index contributed by atoms with van der Waals surface area (Å²) in [4.78, 5) is 46.9. The molecule has 0 unspecified atom stereocenters. The van der Waals surface area contributed by atoms with Gasteiger partial charge >= 0.3 is 5.97 Å². The Hall–Kier alpha value is -3.67.